The summed E-state index contributed by atoms with van der Waals surface area (Å²) in [5.41, 5.74) is 1.05. The maximum Gasteiger partial charge on any atom is 0.272 e. The van der Waals surface area contributed by atoms with Gasteiger partial charge in [0.25, 0.3) is 5.91 Å². The van der Waals surface area contributed by atoms with Crippen LogP contribution in [0, 0.1) is 11.7 Å². The summed E-state index contributed by atoms with van der Waals surface area (Å²) >= 11 is 0. The monoisotopic (exact) mass is 319 g/mol. The number of carbonyl (C=O) groups excluding carboxylic acids is 1. The van der Waals surface area contributed by atoms with Gasteiger partial charge in [-0.1, -0.05) is 26.0 Å². The summed E-state index contributed by atoms with van der Waals surface area (Å²) in [4.78, 5) is 14.3. The molecule has 1 amide bonds. The second-order valence-corrected chi connectivity index (χ2v) is 6.01. The summed E-state index contributed by atoms with van der Waals surface area (Å²) < 4.78 is 14.5. The van der Waals surface area contributed by atoms with Crippen LogP contribution in [0.2, 0.25) is 0 Å². The first-order chi connectivity index (χ1) is 10.9. The normalized spacial score (nSPS) is 12.4. The van der Waals surface area contributed by atoms with E-state index in [0.29, 0.717) is 17.8 Å². The number of aromatic nitrogens is 2. The number of hydrogen-bond acceptors (Lipinski definition) is 3. The van der Waals surface area contributed by atoms with Crippen molar-refractivity contribution in [1.82, 2.24) is 14.7 Å². The molecule has 6 heteroatoms. The van der Waals surface area contributed by atoms with Crippen LogP contribution in [0.5, 0.6) is 0 Å². The van der Waals surface area contributed by atoms with Crippen LogP contribution in [0.25, 0.3) is 0 Å². The standard InChI is InChI=1S/C17H22FN3O2/c1-12(2)10-21(17(23)15-8-9-19-20(15)3)11-16(22)13-4-6-14(18)7-5-13/h4-9,12,16,22H,10-11H2,1-3H3. The number of amides is 1. The number of benzene rings is 1. The van der Waals surface area contributed by atoms with E-state index < -0.39 is 6.10 Å². The highest BCUT2D eigenvalue weighted by Crippen LogP contribution is 2.17. The Bertz CT molecular complexity index is 652. The topological polar surface area (TPSA) is 58.4 Å². The number of rotatable bonds is 6. The number of nitrogens with zero attached hydrogens (tertiary/aromatic N) is 3. The molecule has 0 spiro atoms. The molecule has 0 bridgehead atoms. The highest BCUT2D eigenvalue weighted by molar-refractivity contribution is 5.92. The number of aliphatic hydroxyl groups excluding tert-OH is 1. The van der Waals surface area contributed by atoms with Gasteiger partial charge in [0.05, 0.1) is 12.6 Å². The van der Waals surface area contributed by atoms with Gasteiger partial charge < -0.3 is 10.0 Å². The van der Waals surface area contributed by atoms with E-state index in [9.17, 15) is 14.3 Å². The molecular formula is C17H22FN3O2. The second-order valence-electron chi connectivity index (χ2n) is 6.01. The third-order valence-corrected chi connectivity index (χ3v) is 3.56. The van der Waals surface area contributed by atoms with E-state index in [-0.39, 0.29) is 24.2 Å². The Hall–Kier alpha value is -2.21. The molecule has 0 aliphatic rings. The van der Waals surface area contributed by atoms with Crippen LogP contribution >= 0.6 is 0 Å². The zero-order valence-electron chi connectivity index (χ0n) is 13.6. The van der Waals surface area contributed by atoms with Crippen molar-refractivity contribution >= 4 is 5.91 Å². The highest BCUT2D eigenvalue weighted by atomic mass is 19.1. The quantitative estimate of drug-likeness (QED) is 0.889. The number of hydrogen-bond donors (Lipinski definition) is 1. The first-order valence-electron chi connectivity index (χ1n) is 7.59. The first-order valence-corrected chi connectivity index (χ1v) is 7.59. The summed E-state index contributed by atoms with van der Waals surface area (Å²) in [5.74, 6) is -0.279. The summed E-state index contributed by atoms with van der Waals surface area (Å²) in [5, 5.41) is 14.4. The molecule has 0 saturated carbocycles. The fourth-order valence-corrected chi connectivity index (χ4v) is 2.43. The molecule has 2 aromatic rings. The molecule has 124 valence electrons. The molecule has 0 saturated heterocycles. The third-order valence-electron chi connectivity index (χ3n) is 3.56. The summed E-state index contributed by atoms with van der Waals surface area (Å²) in [6.45, 7) is 4.68. The SMILES string of the molecule is CC(C)CN(CC(O)c1ccc(F)cc1)C(=O)c1ccnn1C. The van der Waals surface area contributed by atoms with Gasteiger partial charge in [0, 0.05) is 19.8 Å². The second kappa shape index (κ2) is 7.37. The fraction of sp³-hybridized carbons (Fsp3) is 0.412. The van der Waals surface area contributed by atoms with Gasteiger partial charge in [-0.3, -0.25) is 9.48 Å². The molecule has 0 radical (unpaired) electrons. The van der Waals surface area contributed by atoms with Crippen molar-refractivity contribution in [2.75, 3.05) is 13.1 Å². The lowest BCUT2D eigenvalue weighted by molar-refractivity contribution is 0.0584. The maximum atomic E-state index is 13.0. The van der Waals surface area contributed by atoms with Crippen molar-refractivity contribution in [2.24, 2.45) is 13.0 Å². The van der Waals surface area contributed by atoms with Gasteiger partial charge in [-0.05, 0) is 29.7 Å². The van der Waals surface area contributed by atoms with Crippen LogP contribution < -0.4 is 0 Å². The molecule has 1 N–H and O–H groups in total. The van der Waals surface area contributed by atoms with Gasteiger partial charge in [0.15, 0.2) is 0 Å². The fourth-order valence-electron chi connectivity index (χ4n) is 2.43. The van der Waals surface area contributed by atoms with E-state index in [1.807, 2.05) is 13.8 Å². The molecule has 2 rings (SSSR count). The van der Waals surface area contributed by atoms with E-state index in [4.69, 9.17) is 0 Å². The van der Waals surface area contributed by atoms with Gasteiger partial charge in [-0.2, -0.15) is 5.10 Å². The van der Waals surface area contributed by atoms with Crippen LogP contribution in [-0.4, -0.2) is 38.8 Å². The zero-order valence-corrected chi connectivity index (χ0v) is 13.6. The molecule has 5 nitrogen and oxygen atoms in total. The average Bonchev–Trinajstić information content (AvgIpc) is 2.92. The van der Waals surface area contributed by atoms with Gasteiger partial charge >= 0.3 is 0 Å². The predicted molar refractivity (Wildman–Crippen MR) is 85.3 cm³/mol. The minimum atomic E-state index is -0.869. The summed E-state index contributed by atoms with van der Waals surface area (Å²) in [6.07, 6.45) is 0.698. The van der Waals surface area contributed by atoms with Gasteiger partial charge in [-0.25, -0.2) is 4.39 Å². The van der Waals surface area contributed by atoms with Gasteiger partial charge in [-0.15, -0.1) is 0 Å². The Labute approximate surface area is 135 Å². The lowest BCUT2D eigenvalue weighted by atomic mass is 10.1. The van der Waals surface area contributed by atoms with E-state index >= 15 is 0 Å². The Balaban J connectivity index is 2.16. The number of aryl methyl sites for hydroxylation is 1. The molecule has 1 aromatic carbocycles. The van der Waals surface area contributed by atoms with Crippen molar-refractivity contribution in [2.45, 2.75) is 20.0 Å². The van der Waals surface area contributed by atoms with Crippen LogP contribution in [-0.2, 0) is 7.05 Å². The smallest absolute Gasteiger partial charge is 0.272 e. The predicted octanol–water partition coefficient (Wildman–Crippen LogP) is 2.39. The molecule has 1 unspecified atom stereocenters. The zero-order chi connectivity index (χ0) is 17.0. The average molecular weight is 319 g/mol. The van der Waals surface area contributed by atoms with Crippen LogP contribution in [0.15, 0.2) is 36.5 Å². The number of halogens is 1. The molecule has 1 heterocycles. The first kappa shape index (κ1) is 17.1. The molecule has 0 aliphatic carbocycles. The van der Waals surface area contributed by atoms with Crippen molar-refractivity contribution in [3.8, 4) is 0 Å². The number of carbonyl (C=O) groups is 1. The van der Waals surface area contributed by atoms with Crippen molar-refractivity contribution < 1.29 is 14.3 Å². The molecule has 1 atom stereocenters. The summed E-state index contributed by atoms with van der Waals surface area (Å²) in [7, 11) is 1.71. The van der Waals surface area contributed by atoms with E-state index in [1.54, 1.807) is 24.2 Å². The minimum absolute atomic E-state index is 0.147. The largest absolute Gasteiger partial charge is 0.387 e. The maximum absolute atomic E-state index is 13.0. The van der Waals surface area contributed by atoms with E-state index in [0.717, 1.165) is 0 Å². The lowest BCUT2D eigenvalue weighted by Gasteiger charge is -2.27. The number of aliphatic hydroxyl groups is 1. The van der Waals surface area contributed by atoms with Crippen molar-refractivity contribution in [3.63, 3.8) is 0 Å². The highest BCUT2D eigenvalue weighted by Gasteiger charge is 2.23. The minimum Gasteiger partial charge on any atom is -0.387 e. The van der Waals surface area contributed by atoms with Crippen LogP contribution in [0.3, 0.4) is 0 Å². The van der Waals surface area contributed by atoms with Crippen LogP contribution in [0.1, 0.15) is 36.0 Å². The Morgan fingerprint density at radius 3 is 2.43 bits per heavy atom. The van der Waals surface area contributed by atoms with Crippen molar-refractivity contribution in [3.05, 3.63) is 53.6 Å². The van der Waals surface area contributed by atoms with E-state index in [1.165, 1.54) is 28.9 Å². The Morgan fingerprint density at radius 1 is 1.26 bits per heavy atom. The Morgan fingerprint density at radius 2 is 1.91 bits per heavy atom. The summed E-state index contributed by atoms with van der Waals surface area (Å²) in [6, 6.07) is 7.31. The Kier molecular flexibility index (Phi) is 5.50. The molecular weight excluding hydrogens is 297 g/mol. The van der Waals surface area contributed by atoms with Crippen molar-refractivity contribution in [1.29, 1.82) is 0 Å². The molecule has 1 aromatic heterocycles. The molecule has 0 aliphatic heterocycles. The van der Waals surface area contributed by atoms with E-state index in [2.05, 4.69) is 5.10 Å². The lowest BCUT2D eigenvalue weighted by Crippen LogP contribution is -2.38. The van der Waals surface area contributed by atoms with Crippen LogP contribution in [0.4, 0.5) is 4.39 Å². The van der Waals surface area contributed by atoms with Gasteiger partial charge in [0.1, 0.15) is 11.5 Å². The third kappa shape index (κ3) is 4.39. The molecule has 0 fully saturated rings. The molecule has 23 heavy (non-hydrogen) atoms. The van der Waals surface area contributed by atoms with Gasteiger partial charge in [0.2, 0.25) is 0 Å².